The fourth-order valence-electron chi connectivity index (χ4n) is 4.56. The maximum atomic E-state index is 13.4. The van der Waals surface area contributed by atoms with E-state index in [2.05, 4.69) is 13.5 Å². The number of rotatable bonds is 14. The van der Waals surface area contributed by atoms with E-state index in [0.29, 0.717) is 60.2 Å². The lowest BCUT2D eigenvalue weighted by molar-refractivity contribution is -0.140. The lowest BCUT2D eigenvalue weighted by atomic mass is 9.93. The normalized spacial score (nSPS) is 16.6. The van der Waals surface area contributed by atoms with E-state index in [1.165, 1.54) is 4.90 Å². The maximum Gasteiger partial charge on any atom is 0.295 e. The van der Waals surface area contributed by atoms with Crippen molar-refractivity contribution < 1.29 is 28.9 Å². The number of hydrogen-bond acceptors (Lipinski definition) is 7. The zero-order valence-corrected chi connectivity index (χ0v) is 23.7. The molecule has 1 fully saturated rings. The van der Waals surface area contributed by atoms with Gasteiger partial charge in [-0.2, -0.15) is 0 Å². The van der Waals surface area contributed by atoms with Gasteiger partial charge in [-0.15, -0.1) is 0 Å². The predicted octanol–water partition coefficient (Wildman–Crippen LogP) is 5.12. The number of amides is 1. The van der Waals surface area contributed by atoms with Crippen molar-refractivity contribution in [2.75, 3.05) is 47.5 Å². The van der Waals surface area contributed by atoms with Crippen LogP contribution in [0.3, 0.4) is 0 Å². The highest BCUT2D eigenvalue weighted by molar-refractivity contribution is 6.46. The highest BCUT2D eigenvalue weighted by Gasteiger charge is 2.46. The summed E-state index contributed by atoms with van der Waals surface area (Å²) in [7, 11) is 5.36. The number of likely N-dealkylation sites (tertiary alicyclic amines) is 1. The van der Waals surface area contributed by atoms with Crippen LogP contribution in [0.5, 0.6) is 17.2 Å². The summed E-state index contributed by atoms with van der Waals surface area (Å²) in [5.41, 5.74) is 1.86. The first-order valence-corrected chi connectivity index (χ1v) is 13.3. The molecule has 1 atom stereocenters. The van der Waals surface area contributed by atoms with Gasteiger partial charge in [-0.1, -0.05) is 38.5 Å². The van der Waals surface area contributed by atoms with Crippen LogP contribution in [0.4, 0.5) is 0 Å². The van der Waals surface area contributed by atoms with Gasteiger partial charge in [0.25, 0.3) is 11.7 Å². The number of ether oxygens (including phenoxy) is 3. The molecule has 1 aliphatic heterocycles. The molecule has 0 saturated carbocycles. The summed E-state index contributed by atoms with van der Waals surface area (Å²) in [6.07, 6.45) is 4.74. The molecule has 1 N–H and O–H groups in total. The minimum Gasteiger partial charge on any atom is -0.507 e. The number of methoxy groups -OCH3 is 1. The van der Waals surface area contributed by atoms with Crippen LogP contribution in [0.25, 0.3) is 5.76 Å². The number of ketones is 1. The van der Waals surface area contributed by atoms with Crippen molar-refractivity contribution in [3.8, 4) is 17.2 Å². The van der Waals surface area contributed by atoms with E-state index >= 15 is 0 Å². The number of unbranched alkanes of at least 4 members (excludes halogenated alkanes) is 2. The van der Waals surface area contributed by atoms with E-state index in [-0.39, 0.29) is 11.3 Å². The van der Waals surface area contributed by atoms with E-state index in [0.717, 1.165) is 19.3 Å². The Morgan fingerprint density at radius 1 is 1.10 bits per heavy atom. The summed E-state index contributed by atoms with van der Waals surface area (Å²) in [6, 6.07) is 9.80. The van der Waals surface area contributed by atoms with Crippen molar-refractivity contribution in [3.05, 3.63) is 71.3 Å². The second kappa shape index (κ2) is 13.8. The second-order valence-electron chi connectivity index (χ2n) is 9.84. The van der Waals surface area contributed by atoms with Crippen LogP contribution in [-0.2, 0) is 9.59 Å². The van der Waals surface area contributed by atoms with Crippen molar-refractivity contribution in [3.63, 3.8) is 0 Å². The van der Waals surface area contributed by atoms with Gasteiger partial charge >= 0.3 is 0 Å². The first-order chi connectivity index (χ1) is 18.7. The number of nitrogens with zero attached hydrogens (tertiary/aromatic N) is 2. The van der Waals surface area contributed by atoms with Crippen LogP contribution in [0.2, 0.25) is 0 Å². The zero-order valence-electron chi connectivity index (χ0n) is 23.7. The molecule has 3 rings (SSSR count). The van der Waals surface area contributed by atoms with Gasteiger partial charge in [-0.3, -0.25) is 9.59 Å². The highest BCUT2D eigenvalue weighted by atomic mass is 16.5. The van der Waals surface area contributed by atoms with Gasteiger partial charge in [0.05, 0.1) is 25.3 Å². The minimum absolute atomic E-state index is 0.0419. The topological polar surface area (TPSA) is 88.5 Å². The van der Waals surface area contributed by atoms with Gasteiger partial charge in [0.1, 0.15) is 18.1 Å². The first kappa shape index (κ1) is 29.8. The average molecular weight is 537 g/mol. The average Bonchev–Trinajstić information content (AvgIpc) is 3.17. The summed E-state index contributed by atoms with van der Waals surface area (Å²) in [5.74, 6) is 0.117. The molecule has 1 amide bonds. The smallest absolute Gasteiger partial charge is 0.295 e. The fourth-order valence-corrected chi connectivity index (χ4v) is 4.56. The second-order valence-corrected chi connectivity index (χ2v) is 9.84. The molecular weight excluding hydrogens is 496 g/mol. The van der Waals surface area contributed by atoms with Gasteiger partial charge in [0, 0.05) is 18.7 Å². The summed E-state index contributed by atoms with van der Waals surface area (Å²) in [6.45, 7) is 9.38. The third-order valence-corrected chi connectivity index (χ3v) is 6.66. The SMILES string of the molecule is C=CCOc1ccc(/C(O)=C2\C(=O)C(=O)N(CCN(C)C)C2c2ccc(OCCCCC)c(OC)c2)c(C)c1. The quantitative estimate of drug-likeness (QED) is 0.118. The van der Waals surface area contributed by atoms with E-state index < -0.39 is 17.7 Å². The molecule has 1 saturated heterocycles. The van der Waals surface area contributed by atoms with Crippen molar-refractivity contribution in [2.45, 2.75) is 39.2 Å². The number of benzene rings is 2. The van der Waals surface area contributed by atoms with Crippen molar-refractivity contribution in [2.24, 2.45) is 0 Å². The lowest BCUT2D eigenvalue weighted by Gasteiger charge is -2.27. The van der Waals surface area contributed by atoms with E-state index in [1.54, 1.807) is 43.5 Å². The molecule has 8 nitrogen and oxygen atoms in total. The van der Waals surface area contributed by atoms with Gasteiger partial charge in [-0.25, -0.2) is 0 Å². The number of Topliss-reactive ketones (excluding diaryl/α,β-unsaturated/α-hetero) is 1. The Kier molecular flexibility index (Phi) is 10.6. The molecule has 0 aromatic heterocycles. The van der Waals surface area contributed by atoms with Crippen molar-refractivity contribution in [1.82, 2.24) is 9.80 Å². The third-order valence-electron chi connectivity index (χ3n) is 6.66. The Balaban J connectivity index is 2.08. The number of carbonyl (C=O) groups excluding carboxylic acids is 2. The van der Waals surface area contributed by atoms with Gasteiger partial charge in [0.2, 0.25) is 0 Å². The molecule has 0 radical (unpaired) electrons. The first-order valence-electron chi connectivity index (χ1n) is 13.3. The number of aryl methyl sites for hydroxylation is 1. The van der Waals surface area contributed by atoms with Crippen LogP contribution < -0.4 is 14.2 Å². The summed E-state index contributed by atoms with van der Waals surface area (Å²) >= 11 is 0. The Morgan fingerprint density at radius 2 is 1.87 bits per heavy atom. The molecule has 1 aliphatic rings. The van der Waals surface area contributed by atoms with Crippen LogP contribution in [0.1, 0.15) is 48.9 Å². The van der Waals surface area contributed by atoms with Crippen molar-refractivity contribution >= 4 is 17.4 Å². The molecular formula is C31H40N2O6. The Labute approximate surface area is 231 Å². The molecule has 2 aromatic rings. The number of likely N-dealkylation sites (N-methyl/N-ethyl adjacent to an activating group) is 1. The largest absolute Gasteiger partial charge is 0.507 e. The van der Waals surface area contributed by atoms with E-state index in [9.17, 15) is 14.7 Å². The predicted molar refractivity (Wildman–Crippen MR) is 152 cm³/mol. The number of hydrogen-bond donors (Lipinski definition) is 1. The van der Waals surface area contributed by atoms with Gasteiger partial charge in [-0.05, 0) is 68.9 Å². The standard InChI is InChI=1S/C31H40N2O6/c1-7-9-10-18-39-25-14-11-22(20-26(25)37-6)28-27(30(35)31(36)33(28)16-15-32(4)5)29(34)24-13-12-23(19-21(24)3)38-17-8-2/h8,11-14,19-20,28,34H,2,7,9-10,15-18H2,1,3-6H3/b29-27+. The third kappa shape index (κ3) is 7.00. The van der Waals surface area contributed by atoms with E-state index in [1.807, 2.05) is 32.0 Å². The zero-order chi connectivity index (χ0) is 28.5. The Bertz CT molecular complexity index is 1220. The van der Waals surface area contributed by atoms with Gasteiger partial charge < -0.3 is 29.1 Å². The summed E-state index contributed by atoms with van der Waals surface area (Å²) in [5, 5.41) is 11.5. The molecule has 0 aliphatic carbocycles. The lowest BCUT2D eigenvalue weighted by Crippen LogP contribution is -2.35. The number of aliphatic hydroxyl groups is 1. The molecule has 1 unspecified atom stereocenters. The molecule has 0 bridgehead atoms. The maximum absolute atomic E-state index is 13.4. The molecule has 1 heterocycles. The molecule has 210 valence electrons. The van der Waals surface area contributed by atoms with Crippen LogP contribution in [0.15, 0.2) is 54.6 Å². The molecule has 39 heavy (non-hydrogen) atoms. The molecule has 0 spiro atoms. The minimum atomic E-state index is -0.788. The fraction of sp³-hybridized carbons (Fsp3) is 0.419. The van der Waals surface area contributed by atoms with Crippen LogP contribution >= 0.6 is 0 Å². The highest BCUT2D eigenvalue weighted by Crippen LogP contribution is 2.42. The monoisotopic (exact) mass is 536 g/mol. The van der Waals surface area contributed by atoms with Crippen LogP contribution in [-0.4, -0.2) is 74.1 Å². The van der Waals surface area contributed by atoms with Crippen molar-refractivity contribution in [1.29, 1.82) is 0 Å². The Hall–Kier alpha value is -3.78. The van der Waals surface area contributed by atoms with E-state index in [4.69, 9.17) is 14.2 Å². The number of aliphatic hydroxyl groups excluding tert-OH is 1. The Morgan fingerprint density at radius 3 is 2.51 bits per heavy atom. The van der Waals surface area contributed by atoms with Crippen LogP contribution in [0, 0.1) is 6.92 Å². The summed E-state index contributed by atoms with van der Waals surface area (Å²) in [4.78, 5) is 30.1. The molecule has 8 heteroatoms. The molecule has 2 aromatic carbocycles. The summed E-state index contributed by atoms with van der Waals surface area (Å²) < 4.78 is 17.1. The number of carbonyl (C=O) groups is 2. The van der Waals surface area contributed by atoms with Gasteiger partial charge in [0.15, 0.2) is 11.5 Å².